The van der Waals surface area contributed by atoms with Gasteiger partial charge in [-0.3, -0.25) is 0 Å². The molecule has 0 aromatic heterocycles. The van der Waals surface area contributed by atoms with E-state index in [4.69, 9.17) is 0 Å². The Balaban J connectivity index is 3.35. The highest BCUT2D eigenvalue weighted by atomic mass is 19.4. The Labute approximate surface area is 70.9 Å². The van der Waals surface area contributed by atoms with Crippen molar-refractivity contribution in [3.63, 3.8) is 0 Å². The molecule has 2 nitrogen and oxygen atoms in total. The summed E-state index contributed by atoms with van der Waals surface area (Å²) < 4.78 is 35.5. The first kappa shape index (κ1) is 11.7. The quantitative estimate of drug-likeness (QED) is 0.505. The van der Waals surface area contributed by atoms with E-state index in [1.807, 2.05) is 21.1 Å². The van der Waals surface area contributed by atoms with Gasteiger partial charge in [-0.05, 0) is 0 Å². The van der Waals surface area contributed by atoms with Gasteiger partial charge in [0.1, 0.15) is 0 Å². The highest BCUT2D eigenvalue weighted by Crippen LogP contribution is 2.11. The van der Waals surface area contributed by atoms with Crippen LogP contribution in [0, 0.1) is 0 Å². The van der Waals surface area contributed by atoms with E-state index in [0.717, 1.165) is 0 Å². The largest absolute Gasteiger partial charge is 0.401 e. The van der Waals surface area contributed by atoms with E-state index < -0.39 is 12.7 Å². The van der Waals surface area contributed by atoms with Gasteiger partial charge in [0.25, 0.3) is 0 Å². The summed E-state index contributed by atoms with van der Waals surface area (Å²) in [5, 5.41) is 2.34. The molecule has 0 spiro atoms. The van der Waals surface area contributed by atoms with Gasteiger partial charge in [-0.15, -0.1) is 0 Å². The Bertz CT molecular complexity index is 110. The fourth-order valence-electron chi connectivity index (χ4n) is 0.645. The normalized spacial score (nSPS) is 13.5. The zero-order valence-electron chi connectivity index (χ0n) is 7.70. The topological polar surface area (TPSA) is 12.0 Å². The van der Waals surface area contributed by atoms with E-state index in [0.29, 0.717) is 17.6 Å². The molecule has 0 fully saturated rings. The predicted molar refractivity (Wildman–Crippen MR) is 41.8 cm³/mol. The number of halogens is 3. The third kappa shape index (κ3) is 9.71. The smallest absolute Gasteiger partial charge is 0.330 e. The van der Waals surface area contributed by atoms with Crippen LogP contribution in [-0.2, 0) is 0 Å². The van der Waals surface area contributed by atoms with Crippen LogP contribution in [0.2, 0.25) is 0 Å². The average molecular weight is 185 g/mol. The standard InChI is InChI=1S/C7H16F3N2/c1-12(2,3)5-4-11-6-7(8,9)10/h11H,4-6H2,1-3H3/q+1. The maximum absolute atomic E-state index is 11.6. The fraction of sp³-hybridized carbons (Fsp3) is 1.00. The van der Waals surface area contributed by atoms with Crippen molar-refractivity contribution in [3.8, 4) is 0 Å². The number of likely N-dealkylation sites (N-methyl/N-ethyl adjacent to an activating group) is 1. The molecule has 74 valence electrons. The zero-order chi connectivity index (χ0) is 9.83. The van der Waals surface area contributed by atoms with Crippen molar-refractivity contribution < 1.29 is 17.7 Å². The molecule has 0 radical (unpaired) electrons. The summed E-state index contributed by atoms with van der Waals surface area (Å²) >= 11 is 0. The molecule has 1 N–H and O–H groups in total. The second-order valence-corrected chi connectivity index (χ2v) is 3.81. The van der Waals surface area contributed by atoms with Crippen molar-refractivity contribution in [3.05, 3.63) is 0 Å². The maximum Gasteiger partial charge on any atom is 0.401 e. The van der Waals surface area contributed by atoms with E-state index in [2.05, 4.69) is 5.32 Å². The lowest BCUT2D eigenvalue weighted by atomic mass is 10.5. The van der Waals surface area contributed by atoms with Crippen LogP contribution >= 0.6 is 0 Å². The van der Waals surface area contributed by atoms with Crippen molar-refractivity contribution in [1.82, 2.24) is 5.32 Å². The monoisotopic (exact) mass is 185 g/mol. The number of nitrogens with zero attached hydrogens (tertiary/aromatic N) is 1. The van der Waals surface area contributed by atoms with E-state index in [-0.39, 0.29) is 0 Å². The minimum absolute atomic E-state index is 0.392. The molecule has 0 aliphatic carbocycles. The van der Waals surface area contributed by atoms with Gasteiger partial charge >= 0.3 is 6.18 Å². The Morgan fingerprint density at radius 1 is 1.17 bits per heavy atom. The molecule has 0 saturated heterocycles. The first-order valence-corrected chi connectivity index (χ1v) is 3.79. The van der Waals surface area contributed by atoms with Crippen LogP contribution in [0.5, 0.6) is 0 Å². The maximum atomic E-state index is 11.6. The summed E-state index contributed by atoms with van der Waals surface area (Å²) in [5.41, 5.74) is 0. The molecule has 0 rings (SSSR count). The lowest BCUT2D eigenvalue weighted by molar-refractivity contribution is -0.869. The Morgan fingerprint density at radius 3 is 2.00 bits per heavy atom. The number of rotatable bonds is 4. The lowest BCUT2D eigenvalue weighted by Gasteiger charge is -2.24. The van der Waals surface area contributed by atoms with Crippen LogP contribution in [0.1, 0.15) is 0 Å². The summed E-state index contributed by atoms with van der Waals surface area (Å²) in [4.78, 5) is 0. The van der Waals surface area contributed by atoms with Gasteiger partial charge in [0.15, 0.2) is 0 Å². The first-order chi connectivity index (χ1) is 5.21. The Hall–Kier alpha value is -0.290. The van der Waals surface area contributed by atoms with Crippen LogP contribution in [-0.4, -0.2) is 51.4 Å². The van der Waals surface area contributed by atoms with Gasteiger partial charge in [-0.2, -0.15) is 13.2 Å². The molecule has 0 aromatic carbocycles. The number of hydrogen-bond donors (Lipinski definition) is 1. The van der Waals surface area contributed by atoms with E-state index >= 15 is 0 Å². The molecule has 0 unspecified atom stereocenters. The second kappa shape index (κ2) is 4.09. The van der Waals surface area contributed by atoms with Crippen LogP contribution in [0.25, 0.3) is 0 Å². The molecule has 0 heterocycles. The van der Waals surface area contributed by atoms with Gasteiger partial charge in [0.05, 0.1) is 34.2 Å². The number of alkyl halides is 3. The SMILES string of the molecule is C[N+](C)(C)CCNCC(F)(F)F. The molecule has 0 aromatic rings. The van der Waals surface area contributed by atoms with Crippen LogP contribution < -0.4 is 5.32 Å². The number of nitrogens with one attached hydrogen (secondary N) is 1. The molecule has 0 bridgehead atoms. The third-order valence-electron chi connectivity index (χ3n) is 1.28. The molecule has 0 atom stereocenters. The summed E-state index contributed by atoms with van der Waals surface area (Å²) in [6.07, 6.45) is -4.09. The van der Waals surface area contributed by atoms with Crippen molar-refractivity contribution >= 4 is 0 Å². The number of hydrogen-bond acceptors (Lipinski definition) is 1. The molecule has 0 aliphatic rings. The van der Waals surface area contributed by atoms with Gasteiger partial charge < -0.3 is 9.80 Å². The predicted octanol–water partition coefficient (Wildman–Crippen LogP) is 0.844. The third-order valence-corrected chi connectivity index (χ3v) is 1.28. The van der Waals surface area contributed by atoms with Gasteiger partial charge in [-0.25, -0.2) is 0 Å². The molecular formula is C7H16F3N2+. The van der Waals surface area contributed by atoms with Crippen LogP contribution in [0.4, 0.5) is 13.2 Å². The van der Waals surface area contributed by atoms with Gasteiger partial charge in [0.2, 0.25) is 0 Å². The summed E-state index contributed by atoms with van der Waals surface area (Å²) in [7, 11) is 5.82. The molecule has 0 amide bonds. The molecule has 5 heteroatoms. The van der Waals surface area contributed by atoms with E-state index in [1.165, 1.54) is 0 Å². The van der Waals surface area contributed by atoms with Crippen LogP contribution in [0.3, 0.4) is 0 Å². The summed E-state index contributed by atoms with van der Waals surface area (Å²) in [6.45, 7) is 0.187. The lowest BCUT2D eigenvalue weighted by Crippen LogP contribution is -2.42. The average Bonchev–Trinajstić information content (AvgIpc) is 1.76. The van der Waals surface area contributed by atoms with Gasteiger partial charge in [0, 0.05) is 6.54 Å². The molecule has 0 saturated carbocycles. The minimum atomic E-state index is -4.09. The fourth-order valence-corrected chi connectivity index (χ4v) is 0.645. The Morgan fingerprint density at radius 2 is 1.67 bits per heavy atom. The first-order valence-electron chi connectivity index (χ1n) is 3.79. The molecule has 12 heavy (non-hydrogen) atoms. The number of quaternary nitrogens is 1. The Kier molecular flexibility index (Phi) is 3.99. The van der Waals surface area contributed by atoms with Gasteiger partial charge in [-0.1, -0.05) is 0 Å². The van der Waals surface area contributed by atoms with Crippen molar-refractivity contribution in [2.45, 2.75) is 6.18 Å². The van der Waals surface area contributed by atoms with Crippen LogP contribution in [0.15, 0.2) is 0 Å². The van der Waals surface area contributed by atoms with Crippen molar-refractivity contribution in [2.24, 2.45) is 0 Å². The van der Waals surface area contributed by atoms with Crippen molar-refractivity contribution in [2.75, 3.05) is 40.8 Å². The zero-order valence-corrected chi connectivity index (χ0v) is 7.70. The molecular weight excluding hydrogens is 169 g/mol. The second-order valence-electron chi connectivity index (χ2n) is 3.81. The summed E-state index contributed by atoms with van der Waals surface area (Å²) in [6, 6.07) is 0. The molecule has 0 aliphatic heterocycles. The minimum Gasteiger partial charge on any atom is -0.330 e. The highest BCUT2D eigenvalue weighted by molar-refractivity contribution is 4.54. The van der Waals surface area contributed by atoms with Crippen molar-refractivity contribution in [1.29, 1.82) is 0 Å². The highest BCUT2D eigenvalue weighted by Gasteiger charge is 2.26. The summed E-state index contributed by atoms with van der Waals surface area (Å²) in [5.74, 6) is 0. The van der Waals surface area contributed by atoms with E-state index in [9.17, 15) is 13.2 Å². The van der Waals surface area contributed by atoms with E-state index in [1.54, 1.807) is 0 Å².